The Balaban J connectivity index is 1.51. The first-order chi connectivity index (χ1) is 13.9. The standard InChI is InChI=1S/C19H17ClN4O3S2/c1-11(25)21-8-14-6-7-16(29-14)15-10-28-19(23-15)24-17(26)9-22-18(27)12-2-4-13(20)5-3-12/h2-7,10H,8-9H2,1H3,(H,21,25)(H,22,27)(H,23,24,26). The van der Waals surface area contributed by atoms with Gasteiger partial charge in [0.2, 0.25) is 11.8 Å². The second kappa shape index (κ2) is 9.64. The third-order valence-electron chi connectivity index (χ3n) is 3.69. The minimum absolute atomic E-state index is 0.0817. The number of rotatable bonds is 7. The predicted octanol–water partition coefficient (Wildman–Crippen LogP) is 3.53. The average Bonchev–Trinajstić information content (AvgIpc) is 3.34. The largest absolute Gasteiger partial charge is 0.351 e. The molecule has 0 bridgehead atoms. The lowest BCUT2D eigenvalue weighted by Crippen LogP contribution is -2.32. The van der Waals surface area contributed by atoms with Gasteiger partial charge in [0.15, 0.2) is 5.13 Å². The Morgan fingerprint density at radius 1 is 1.07 bits per heavy atom. The summed E-state index contributed by atoms with van der Waals surface area (Å²) in [6.45, 7) is 1.78. The van der Waals surface area contributed by atoms with Crippen LogP contribution in [0, 0.1) is 0 Å². The van der Waals surface area contributed by atoms with E-state index in [1.54, 1.807) is 24.3 Å². The molecule has 0 saturated heterocycles. The predicted molar refractivity (Wildman–Crippen MR) is 115 cm³/mol. The number of carbonyl (C=O) groups is 3. The Bertz CT molecular complexity index is 1030. The van der Waals surface area contributed by atoms with Crippen molar-refractivity contribution in [2.45, 2.75) is 13.5 Å². The molecule has 0 atom stereocenters. The Kier molecular flexibility index (Phi) is 6.97. The van der Waals surface area contributed by atoms with Crippen molar-refractivity contribution in [1.29, 1.82) is 0 Å². The highest BCUT2D eigenvalue weighted by Gasteiger charge is 2.12. The number of hydrogen-bond acceptors (Lipinski definition) is 6. The molecule has 3 amide bonds. The number of thiazole rings is 1. The van der Waals surface area contributed by atoms with Crippen molar-refractivity contribution >= 4 is 57.1 Å². The lowest BCUT2D eigenvalue weighted by molar-refractivity contribution is -0.119. The quantitative estimate of drug-likeness (QED) is 0.514. The van der Waals surface area contributed by atoms with Crippen LogP contribution >= 0.6 is 34.3 Å². The molecule has 1 aromatic carbocycles. The van der Waals surface area contributed by atoms with E-state index in [4.69, 9.17) is 11.6 Å². The van der Waals surface area contributed by atoms with Crippen LogP contribution in [0.1, 0.15) is 22.2 Å². The first kappa shape index (κ1) is 21.0. The molecule has 29 heavy (non-hydrogen) atoms. The van der Waals surface area contributed by atoms with E-state index in [2.05, 4.69) is 20.9 Å². The molecule has 10 heteroatoms. The summed E-state index contributed by atoms with van der Waals surface area (Å²) >= 11 is 8.61. The molecule has 0 unspecified atom stereocenters. The third-order valence-corrected chi connectivity index (χ3v) is 5.81. The number of benzene rings is 1. The Hall–Kier alpha value is -2.75. The van der Waals surface area contributed by atoms with E-state index < -0.39 is 0 Å². The molecule has 3 rings (SSSR count). The number of nitrogens with zero attached hydrogens (tertiary/aromatic N) is 1. The second-order valence-corrected chi connectivity index (χ2v) is 8.41. The molecule has 0 saturated carbocycles. The number of hydrogen-bond donors (Lipinski definition) is 3. The maximum atomic E-state index is 12.1. The van der Waals surface area contributed by atoms with Gasteiger partial charge in [-0.2, -0.15) is 0 Å². The van der Waals surface area contributed by atoms with Gasteiger partial charge in [0.1, 0.15) is 0 Å². The van der Waals surface area contributed by atoms with Crippen LogP contribution in [-0.2, 0) is 16.1 Å². The van der Waals surface area contributed by atoms with Gasteiger partial charge in [0, 0.05) is 27.8 Å². The van der Waals surface area contributed by atoms with Gasteiger partial charge in [-0.15, -0.1) is 22.7 Å². The van der Waals surface area contributed by atoms with Crippen LogP contribution in [0.2, 0.25) is 5.02 Å². The minimum Gasteiger partial charge on any atom is -0.351 e. The fraction of sp³-hybridized carbons (Fsp3) is 0.158. The van der Waals surface area contributed by atoms with E-state index in [9.17, 15) is 14.4 Å². The van der Waals surface area contributed by atoms with Crippen LogP contribution in [-0.4, -0.2) is 29.3 Å². The van der Waals surface area contributed by atoms with Gasteiger partial charge in [-0.05, 0) is 36.4 Å². The highest BCUT2D eigenvalue weighted by Crippen LogP contribution is 2.30. The van der Waals surface area contributed by atoms with Crippen LogP contribution in [0.5, 0.6) is 0 Å². The number of carbonyl (C=O) groups excluding carboxylic acids is 3. The maximum absolute atomic E-state index is 12.1. The minimum atomic E-state index is -0.370. The Morgan fingerprint density at radius 3 is 2.55 bits per heavy atom. The molecule has 0 radical (unpaired) electrons. The summed E-state index contributed by atoms with van der Waals surface area (Å²) in [4.78, 5) is 41.5. The molecule has 0 aliphatic carbocycles. The smallest absolute Gasteiger partial charge is 0.251 e. The fourth-order valence-corrected chi connectivity index (χ4v) is 4.13. The summed E-state index contributed by atoms with van der Waals surface area (Å²) in [6.07, 6.45) is 0. The summed E-state index contributed by atoms with van der Waals surface area (Å²) in [6, 6.07) is 10.3. The van der Waals surface area contributed by atoms with Gasteiger partial charge in [-0.25, -0.2) is 4.98 Å². The third kappa shape index (κ3) is 6.11. The van der Waals surface area contributed by atoms with E-state index in [1.807, 2.05) is 17.5 Å². The van der Waals surface area contributed by atoms with Gasteiger partial charge >= 0.3 is 0 Å². The zero-order valence-electron chi connectivity index (χ0n) is 15.3. The van der Waals surface area contributed by atoms with Crippen LogP contribution in [0.15, 0.2) is 41.8 Å². The van der Waals surface area contributed by atoms with Crippen molar-refractivity contribution in [2.75, 3.05) is 11.9 Å². The lowest BCUT2D eigenvalue weighted by atomic mass is 10.2. The molecule has 2 aromatic heterocycles. The molecular formula is C19H17ClN4O3S2. The Labute approximate surface area is 180 Å². The van der Waals surface area contributed by atoms with Crippen molar-refractivity contribution in [3.63, 3.8) is 0 Å². The molecule has 0 aliphatic heterocycles. The molecular weight excluding hydrogens is 432 g/mol. The molecule has 2 heterocycles. The molecule has 3 aromatic rings. The first-order valence-electron chi connectivity index (χ1n) is 8.53. The summed E-state index contributed by atoms with van der Waals surface area (Å²) in [5, 5.41) is 10.8. The van der Waals surface area contributed by atoms with Crippen LogP contribution in [0.25, 0.3) is 10.6 Å². The number of aromatic nitrogens is 1. The maximum Gasteiger partial charge on any atom is 0.251 e. The van der Waals surface area contributed by atoms with E-state index in [-0.39, 0.29) is 24.3 Å². The van der Waals surface area contributed by atoms with Crippen molar-refractivity contribution in [3.8, 4) is 10.6 Å². The SMILES string of the molecule is CC(=O)NCc1ccc(-c2csc(NC(=O)CNC(=O)c3ccc(Cl)cc3)n2)s1. The zero-order valence-corrected chi connectivity index (χ0v) is 17.7. The van der Waals surface area contributed by atoms with Gasteiger partial charge in [0.25, 0.3) is 5.91 Å². The number of amides is 3. The highest BCUT2D eigenvalue weighted by molar-refractivity contribution is 7.17. The fourth-order valence-electron chi connectivity index (χ4n) is 2.29. The normalized spacial score (nSPS) is 10.4. The molecule has 3 N–H and O–H groups in total. The van der Waals surface area contributed by atoms with E-state index in [0.717, 1.165) is 15.4 Å². The number of anilines is 1. The molecule has 0 fully saturated rings. The second-order valence-electron chi connectivity index (χ2n) is 5.95. The Morgan fingerprint density at radius 2 is 1.83 bits per heavy atom. The summed E-state index contributed by atoms with van der Waals surface area (Å²) in [7, 11) is 0. The van der Waals surface area contributed by atoms with Crippen molar-refractivity contribution in [3.05, 3.63) is 57.2 Å². The lowest BCUT2D eigenvalue weighted by Gasteiger charge is -2.05. The van der Waals surface area contributed by atoms with E-state index in [0.29, 0.717) is 22.3 Å². The molecule has 0 spiro atoms. The summed E-state index contributed by atoms with van der Waals surface area (Å²) in [5.41, 5.74) is 1.17. The molecule has 7 nitrogen and oxygen atoms in total. The molecule has 150 valence electrons. The monoisotopic (exact) mass is 448 g/mol. The molecule has 0 aliphatic rings. The zero-order chi connectivity index (χ0) is 20.8. The van der Waals surface area contributed by atoms with Gasteiger partial charge < -0.3 is 16.0 Å². The van der Waals surface area contributed by atoms with Crippen LogP contribution < -0.4 is 16.0 Å². The number of thiophene rings is 1. The number of nitrogens with one attached hydrogen (secondary N) is 3. The van der Waals surface area contributed by atoms with Gasteiger partial charge in [-0.1, -0.05) is 11.6 Å². The average molecular weight is 449 g/mol. The van der Waals surface area contributed by atoms with Crippen molar-refractivity contribution < 1.29 is 14.4 Å². The van der Waals surface area contributed by atoms with E-state index in [1.165, 1.54) is 29.6 Å². The van der Waals surface area contributed by atoms with Crippen LogP contribution in [0.3, 0.4) is 0 Å². The summed E-state index contributed by atoms with van der Waals surface area (Å²) < 4.78 is 0. The van der Waals surface area contributed by atoms with Crippen LogP contribution in [0.4, 0.5) is 5.13 Å². The van der Waals surface area contributed by atoms with Crippen molar-refractivity contribution in [2.24, 2.45) is 0 Å². The first-order valence-corrected chi connectivity index (χ1v) is 10.6. The van der Waals surface area contributed by atoms with E-state index >= 15 is 0 Å². The summed E-state index contributed by atoms with van der Waals surface area (Å²) in [5.74, 6) is -0.811. The van der Waals surface area contributed by atoms with Gasteiger partial charge in [-0.3, -0.25) is 14.4 Å². The highest BCUT2D eigenvalue weighted by atomic mass is 35.5. The topological polar surface area (TPSA) is 100 Å². The van der Waals surface area contributed by atoms with Gasteiger partial charge in [0.05, 0.1) is 23.7 Å². The van der Waals surface area contributed by atoms with Crippen molar-refractivity contribution in [1.82, 2.24) is 15.6 Å². The number of halogens is 1.